The minimum absolute atomic E-state index is 0.0247. The van der Waals surface area contributed by atoms with Crippen molar-refractivity contribution in [2.45, 2.75) is 6.10 Å². The van der Waals surface area contributed by atoms with Crippen molar-refractivity contribution in [1.82, 2.24) is 0 Å². The maximum Gasteiger partial charge on any atom is 0.216 e. The molecule has 2 unspecified atom stereocenters. The highest BCUT2D eigenvalue weighted by Crippen LogP contribution is 2.34. The second-order valence-corrected chi connectivity index (χ2v) is 4.26. The van der Waals surface area contributed by atoms with Crippen LogP contribution in [0.25, 0.3) is 6.08 Å². The minimum Gasteiger partial charge on any atom is -0.449 e. The zero-order valence-corrected chi connectivity index (χ0v) is 9.59. The summed E-state index contributed by atoms with van der Waals surface area (Å²) in [4.78, 5) is 0. The summed E-state index contributed by atoms with van der Waals surface area (Å²) in [6, 6.07) is 8.01. The summed E-state index contributed by atoms with van der Waals surface area (Å²) >= 11 is 0. The molecule has 1 aromatic carbocycles. The van der Waals surface area contributed by atoms with E-state index in [0.29, 0.717) is 0 Å². The first-order chi connectivity index (χ1) is 7.93. The summed E-state index contributed by atoms with van der Waals surface area (Å²) in [5.74, 6) is 0.884. The number of hydrogen-bond donors (Lipinski definition) is 0. The van der Waals surface area contributed by atoms with Crippen LogP contribution in [0.5, 0.6) is 5.75 Å². The summed E-state index contributed by atoms with van der Waals surface area (Å²) < 4.78 is 11.2. The average Bonchev–Trinajstić information content (AvgIpc) is 2.29. The molecular formula is C13H11O2P. The first-order valence-electron chi connectivity index (χ1n) is 5.16. The van der Waals surface area contributed by atoms with Crippen molar-refractivity contribution in [2.24, 2.45) is 0 Å². The molecule has 3 rings (SSSR count). The Bertz CT molecular complexity index is 488. The lowest BCUT2D eigenvalue weighted by Gasteiger charge is -2.21. The van der Waals surface area contributed by atoms with Gasteiger partial charge in [0.2, 0.25) is 9.03 Å². The van der Waals surface area contributed by atoms with E-state index in [0.717, 1.165) is 11.3 Å². The van der Waals surface area contributed by atoms with Crippen molar-refractivity contribution in [3.05, 3.63) is 59.7 Å². The van der Waals surface area contributed by atoms with E-state index < -0.39 is 0 Å². The summed E-state index contributed by atoms with van der Waals surface area (Å²) in [6.07, 6.45) is 10.3. The fourth-order valence-corrected chi connectivity index (χ4v) is 2.41. The van der Waals surface area contributed by atoms with Crippen LogP contribution in [0.1, 0.15) is 5.56 Å². The van der Waals surface area contributed by atoms with E-state index in [4.69, 9.17) is 9.05 Å². The van der Waals surface area contributed by atoms with E-state index in [1.54, 1.807) is 0 Å². The summed E-state index contributed by atoms with van der Waals surface area (Å²) in [5, 5.41) is 0. The van der Waals surface area contributed by atoms with Crippen LogP contribution in [0, 0.1) is 0 Å². The fraction of sp³-hybridized carbons (Fsp3) is 0.0769. The monoisotopic (exact) mass is 230 g/mol. The van der Waals surface area contributed by atoms with Crippen LogP contribution in [0.2, 0.25) is 0 Å². The molecule has 0 radical (unpaired) electrons. The van der Waals surface area contributed by atoms with Crippen molar-refractivity contribution < 1.29 is 9.05 Å². The normalized spacial score (nSPS) is 27.0. The molecule has 0 fully saturated rings. The highest BCUT2D eigenvalue weighted by molar-refractivity contribution is 7.26. The third kappa shape index (κ3) is 1.82. The van der Waals surface area contributed by atoms with Crippen LogP contribution in [-0.2, 0) is 4.52 Å². The van der Waals surface area contributed by atoms with Gasteiger partial charge in [-0.25, -0.2) is 0 Å². The smallest absolute Gasteiger partial charge is 0.216 e. The van der Waals surface area contributed by atoms with E-state index in [1.165, 1.54) is 5.57 Å². The van der Waals surface area contributed by atoms with Crippen molar-refractivity contribution in [3.63, 3.8) is 0 Å². The van der Waals surface area contributed by atoms with Crippen molar-refractivity contribution in [2.75, 3.05) is 0 Å². The predicted molar refractivity (Wildman–Crippen MR) is 66.5 cm³/mol. The van der Waals surface area contributed by atoms with Crippen LogP contribution in [0.3, 0.4) is 0 Å². The largest absolute Gasteiger partial charge is 0.449 e. The molecular weight excluding hydrogens is 219 g/mol. The number of para-hydroxylation sites is 1. The van der Waals surface area contributed by atoms with Gasteiger partial charge in [-0.2, -0.15) is 0 Å². The highest BCUT2D eigenvalue weighted by atomic mass is 31.1. The molecule has 1 aromatic rings. The Morgan fingerprint density at radius 2 is 2.06 bits per heavy atom. The van der Waals surface area contributed by atoms with E-state index >= 15 is 0 Å². The number of allylic oxidation sites excluding steroid dienone is 2. The van der Waals surface area contributed by atoms with Gasteiger partial charge in [-0.1, -0.05) is 42.5 Å². The third-order valence-corrected chi connectivity index (χ3v) is 3.24. The van der Waals surface area contributed by atoms with Gasteiger partial charge in [-0.05, 0) is 17.7 Å². The molecule has 0 saturated carbocycles. The van der Waals surface area contributed by atoms with Gasteiger partial charge in [0.15, 0.2) is 0 Å². The third-order valence-electron chi connectivity index (χ3n) is 2.58. The van der Waals surface area contributed by atoms with E-state index in [1.807, 2.05) is 36.4 Å². The number of fused-ring (bicyclic) bond motifs is 2. The Hall–Kier alpha value is -1.37. The molecule has 2 nitrogen and oxygen atoms in total. The topological polar surface area (TPSA) is 18.5 Å². The summed E-state index contributed by atoms with van der Waals surface area (Å²) in [7, 11) is 0.0414. The number of hydrogen-bond acceptors (Lipinski definition) is 2. The van der Waals surface area contributed by atoms with Crippen molar-refractivity contribution >= 4 is 15.1 Å². The van der Waals surface area contributed by atoms with Gasteiger partial charge < -0.3 is 9.05 Å². The molecule has 1 aliphatic heterocycles. The molecule has 1 aliphatic carbocycles. The molecule has 2 atom stereocenters. The van der Waals surface area contributed by atoms with Crippen LogP contribution < -0.4 is 4.52 Å². The first-order valence-corrected chi connectivity index (χ1v) is 5.98. The quantitative estimate of drug-likeness (QED) is 0.635. The van der Waals surface area contributed by atoms with Crippen molar-refractivity contribution in [3.8, 4) is 5.75 Å². The summed E-state index contributed by atoms with van der Waals surface area (Å²) in [5.41, 5.74) is 2.28. The predicted octanol–water partition coefficient (Wildman–Crippen LogP) is 3.48. The number of rotatable bonds is 0. The molecule has 0 spiro atoms. The Labute approximate surface area is 96.2 Å². The van der Waals surface area contributed by atoms with Gasteiger partial charge in [-0.3, -0.25) is 0 Å². The highest BCUT2D eigenvalue weighted by Gasteiger charge is 2.16. The van der Waals surface area contributed by atoms with Crippen LogP contribution in [-0.4, -0.2) is 6.10 Å². The van der Waals surface area contributed by atoms with Gasteiger partial charge in [0.1, 0.15) is 11.9 Å². The molecule has 3 heteroatoms. The van der Waals surface area contributed by atoms with Crippen LogP contribution in [0.4, 0.5) is 0 Å². The second kappa shape index (κ2) is 4.25. The van der Waals surface area contributed by atoms with Crippen LogP contribution in [0.15, 0.2) is 54.1 Å². The lowest BCUT2D eigenvalue weighted by Crippen LogP contribution is -2.11. The zero-order valence-electron chi connectivity index (χ0n) is 8.59. The second-order valence-electron chi connectivity index (χ2n) is 3.65. The van der Waals surface area contributed by atoms with Crippen molar-refractivity contribution in [1.29, 1.82) is 0 Å². The van der Waals surface area contributed by atoms with Gasteiger partial charge in [0.25, 0.3) is 0 Å². The Kier molecular flexibility index (Phi) is 2.61. The Morgan fingerprint density at radius 1 is 1.12 bits per heavy atom. The van der Waals surface area contributed by atoms with E-state index in [2.05, 4.69) is 18.2 Å². The maximum absolute atomic E-state index is 5.64. The maximum atomic E-state index is 5.64. The number of benzene rings is 1. The average molecular weight is 230 g/mol. The Morgan fingerprint density at radius 3 is 3.06 bits per heavy atom. The molecule has 2 aliphatic rings. The lowest BCUT2D eigenvalue weighted by molar-refractivity contribution is 0.300. The van der Waals surface area contributed by atoms with Crippen LogP contribution >= 0.6 is 9.03 Å². The zero-order chi connectivity index (χ0) is 10.8. The van der Waals surface area contributed by atoms with Gasteiger partial charge in [-0.15, -0.1) is 0 Å². The van der Waals surface area contributed by atoms with E-state index in [9.17, 15) is 0 Å². The molecule has 0 amide bonds. The van der Waals surface area contributed by atoms with Gasteiger partial charge in [0, 0.05) is 5.56 Å². The molecule has 0 bridgehead atoms. The lowest BCUT2D eigenvalue weighted by atomic mass is 10.0. The molecule has 0 aromatic heterocycles. The minimum atomic E-state index is 0.0247. The molecule has 1 heterocycles. The fourth-order valence-electron chi connectivity index (χ4n) is 1.77. The molecule has 0 saturated heterocycles. The molecule has 16 heavy (non-hydrogen) atoms. The van der Waals surface area contributed by atoms with Gasteiger partial charge >= 0.3 is 0 Å². The Balaban J connectivity index is 2.08. The van der Waals surface area contributed by atoms with Gasteiger partial charge in [0.05, 0.1) is 0 Å². The SMILES string of the molecule is C1=C/C2=C/c3ccccc3OPOC2C=C1. The standard InChI is InChI=1S/C13H11O2P/c1-3-7-12-10(5-1)9-11-6-2-4-8-13(11)15-16-14-12/h1-9,12,16H/b10-9-. The molecule has 80 valence electrons. The molecule has 0 N–H and O–H groups in total. The summed E-state index contributed by atoms with van der Waals surface area (Å²) in [6.45, 7) is 0. The first kappa shape index (κ1) is 9.83. The van der Waals surface area contributed by atoms with E-state index in [-0.39, 0.29) is 15.1 Å².